The standard InChI is InChI=1S/C22H23N7O/c1-14-7-10-23-19(13-14)26-21(30)16-8-11-28(12-9-16)22-25-18-6-4-3-5-17(18)20-24-15(2)27-29(20)22/h3-7,10,13,16H,8-9,11-12H2,1-2H3,(H,23,26,30). The van der Waals surface area contributed by atoms with Crippen LogP contribution in [0.5, 0.6) is 0 Å². The number of fused-ring (bicyclic) bond motifs is 3. The Morgan fingerprint density at radius 3 is 2.70 bits per heavy atom. The molecule has 30 heavy (non-hydrogen) atoms. The highest BCUT2D eigenvalue weighted by Crippen LogP contribution is 2.27. The molecule has 0 spiro atoms. The number of aryl methyl sites for hydroxylation is 2. The molecule has 0 unspecified atom stereocenters. The molecule has 1 saturated heterocycles. The average Bonchev–Trinajstić information content (AvgIpc) is 3.15. The summed E-state index contributed by atoms with van der Waals surface area (Å²) in [5.74, 6) is 2.09. The molecular formula is C22H23N7O. The highest BCUT2D eigenvalue weighted by Gasteiger charge is 2.28. The number of aromatic nitrogens is 5. The summed E-state index contributed by atoms with van der Waals surface area (Å²) in [4.78, 5) is 28.6. The van der Waals surface area contributed by atoms with Crippen LogP contribution in [0.1, 0.15) is 24.2 Å². The van der Waals surface area contributed by atoms with E-state index in [2.05, 4.69) is 25.3 Å². The van der Waals surface area contributed by atoms with Crippen molar-refractivity contribution in [2.45, 2.75) is 26.7 Å². The highest BCUT2D eigenvalue weighted by atomic mass is 16.1. The number of benzene rings is 1. The third kappa shape index (κ3) is 3.34. The summed E-state index contributed by atoms with van der Waals surface area (Å²) < 4.78 is 1.83. The molecule has 1 amide bonds. The molecule has 1 aliphatic rings. The quantitative estimate of drug-likeness (QED) is 0.567. The monoisotopic (exact) mass is 401 g/mol. The van der Waals surface area contributed by atoms with Crippen LogP contribution >= 0.6 is 0 Å². The summed E-state index contributed by atoms with van der Waals surface area (Å²) in [5.41, 5.74) is 2.79. The van der Waals surface area contributed by atoms with Crippen LogP contribution < -0.4 is 10.2 Å². The van der Waals surface area contributed by atoms with Crippen LogP contribution in [0.2, 0.25) is 0 Å². The lowest BCUT2D eigenvalue weighted by molar-refractivity contribution is -0.120. The predicted octanol–water partition coefficient (Wildman–Crippen LogP) is 3.14. The van der Waals surface area contributed by atoms with Crippen LogP contribution in [0.15, 0.2) is 42.6 Å². The van der Waals surface area contributed by atoms with Gasteiger partial charge in [-0.15, -0.1) is 5.10 Å². The zero-order chi connectivity index (χ0) is 20.7. The molecule has 1 fully saturated rings. The number of nitrogens with zero attached hydrogens (tertiary/aromatic N) is 6. The van der Waals surface area contributed by atoms with Gasteiger partial charge in [0.25, 0.3) is 0 Å². The molecule has 1 aliphatic heterocycles. The maximum Gasteiger partial charge on any atom is 0.229 e. The van der Waals surface area contributed by atoms with Crippen molar-refractivity contribution in [1.82, 2.24) is 24.6 Å². The fraction of sp³-hybridized carbons (Fsp3) is 0.318. The van der Waals surface area contributed by atoms with Crippen molar-refractivity contribution in [3.63, 3.8) is 0 Å². The Balaban J connectivity index is 1.36. The van der Waals surface area contributed by atoms with Gasteiger partial charge in [0, 0.05) is 30.6 Å². The van der Waals surface area contributed by atoms with E-state index in [0.717, 1.165) is 54.0 Å². The number of para-hydroxylation sites is 1. The summed E-state index contributed by atoms with van der Waals surface area (Å²) in [6.45, 7) is 5.35. The first-order chi connectivity index (χ1) is 14.6. The van der Waals surface area contributed by atoms with Gasteiger partial charge < -0.3 is 10.2 Å². The highest BCUT2D eigenvalue weighted by molar-refractivity contribution is 5.93. The summed E-state index contributed by atoms with van der Waals surface area (Å²) in [7, 11) is 0. The van der Waals surface area contributed by atoms with Crippen molar-refractivity contribution in [3.8, 4) is 0 Å². The minimum Gasteiger partial charge on any atom is -0.341 e. The lowest BCUT2D eigenvalue weighted by atomic mass is 9.96. The van der Waals surface area contributed by atoms with Gasteiger partial charge in [-0.25, -0.2) is 15.0 Å². The van der Waals surface area contributed by atoms with Crippen LogP contribution in [-0.4, -0.2) is 43.6 Å². The van der Waals surface area contributed by atoms with Crippen LogP contribution in [0.25, 0.3) is 16.6 Å². The summed E-state index contributed by atoms with van der Waals surface area (Å²) in [5, 5.41) is 8.51. The molecule has 5 rings (SSSR count). The van der Waals surface area contributed by atoms with Crippen LogP contribution in [0.4, 0.5) is 11.8 Å². The van der Waals surface area contributed by atoms with E-state index in [1.165, 1.54) is 0 Å². The Kier molecular flexibility index (Phi) is 4.54. The number of rotatable bonds is 3. The molecule has 8 heteroatoms. The molecule has 3 aromatic heterocycles. The summed E-state index contributed by atoms with van der Waals surface area (Å²) in [6.07, 6.45) is 3.22. The molecule has 1 aromatic carbocycles. The van der Waals surface area contributed by atoms with Crippen LogP contribution in [0, 0.1) is 19.8 Å². The third-order valence-electron chi connectivity index (χ3n) is 5.58. The van der Waals surface area contributed by atoms with Gasteiger partial charge in [-0.1, -0.05) is 12.1 Å². The van der Waals surface area contributed by atoms with Crippen molar-refractivity contribution in [3.05, 3.63) is 54.0 Å². The lowest BCUT2D eigenvalue weighted by Crippen LogP contribution is -2.39. The van der Waals surface area contributed by atoms with E-state index in [4.69, 9.17) is 4.98 Å². The van der Waals surface area contributed by atoms with E-state index in [9.17, 15) is 4.79 Å². The second-order valence-electron chi connectivity index (χ2n) is 7.79. The van der Waals surface area contributed by atoms with Gasteiger partial charge in [0.1, 0.15) is 11.6 Å². The molecule has 1 N–H and O–H groups in total. The fourth-order valence-electron chi connectivity index (χ4n) is 4.02. The van der Waals surface area contributed by atoms with E-state index in [1.807, 2.05) is 54.8 Å². The number of anilines is 2. The van der Waals surface area contributed by atoms with Crippen LogP contribution in [0.3, 0.4) is 0 Å². The number of nitrogens with one attached hydrogen (secondary N) is 1. The second-order valence-corrected chi connectivity index (χ2v) is 7.79. The molecule has 0 atom stereocenters. The predicted molar refractivity (Wildman–Crippen MR) is 116 cm³/mol. The Morgan fingerprint density at radius 2 is 1.90 bits per heavy atom. The van der Waals surface area contributed by atoms with Crippen LogP contribution in [-0.2, 0) is 4.79 Å². The first-order valence-corrected chi connectivity index (χ1v) is 10.2. The SMILES string of the molecule is Cc1ccnc(NC(=O)C2CCN(c3nc4ccccc4c4nc(C)nn34)CC2)c1. The van der Waals surface area contributed by atoms with Gasteiger partial charge in [-0.2, -0.15) is 4.52 Å². The largest absolute Gasteiger partial charge is 0.341 e. The van der Waals surface area contributed by atoms with E-state index in [-0.39, 0.29) is 11.8 Å². The number of amides is 1. The third-order valence-corrected chi connectivity index (χ3v) is 5.58. The van der Waals surface area contributed by atoms with Crippen molar-refractivity contribution >= 4 is 34.2 Å². The second kappa shape index (κ2) is 7.37. The molecule has 0 bridgehead atoms. The Morgan fingerprint density at radius 1 is 1.10 bits per heavy atom. The number of carbonyl (C=O) groups is 1. The zero-order valence-electron chi connectivity index (χ0n) is 17.0. The molecule has 152 valence electrons. The minimum absolute atomic E-state index is 0.0287. The molecule has 8 nitrogen and oxygen atoms in total. The van der Waals surface area contributed by atoms with E-state index < -0.39 is 0 Å². The molecule has 0 saturated carbocycles. The van der Waals surface area contributed by atoms with Crippen molar-refractivity contribution in [1.29, 1.82) is 0 Å². The topological polar surface area (TPSA) is 88.3 Å². The number of piperidine rings is 1. The van der Waals surface area contributed by atoms with Gasteiger partial charge in [-0.3, -0.25) is 4.79 Å². The number of hydrogen-bond acceptors (Lipinski definition) is 6. The zero-order valence-corrected chi connectivity index (χ0v) is 17.0. The number of pyridine rings is 1. The van der Waals surface area contributed by atoms with Gasteiger partial charge in [0.15, 0.2) is 5.65 Å². The van der Waals surface area contributed by atoms with Crippen molar-refractivity contribution < 1.29 is 4.79 Å². The lowest BCUT2D eigenvalue weighted by Gasteiger charge is -2.32. The summed E-state index contributed by atoms with van der Waals surface area (Å²) in [6, 6.07) is 11.8. The number of hydrogen-bond donors (Lipinski definition) is 1. The first-order valence-electron chi connectivity index (χ1n) is 10.2. The Bertz CT molecular complexity index is 1240. The van der Waals surface area contributed by atoms with Gasteiger partial charge in [-0.05, 0) is 56.5 Å². The van der Waals surface area contributed by atoms with Gasteiger partial charge in [0.2, 0.25) is 11.9 Å². The van der Waals surface area contributed by atoms with E-state index in [0.29, 0.717) is 11.6 Å². The minimum atomic E-state index is -0.0445. The Labute approximate surface area is 174 Å². The maximum atomic E-state index is 12.7. The van der Waals surface area contributed by atoms with E-state index >= 15 is 0 Å². The van der Waals surface area contributed by atoms with Gasteiger partial charge in [0.05, 0.1) is 5.52 Å². The smallest absolute Gasteiger partial charge is 0.229 e. The average molecular weight is 401 g/mol. The molecular weight excluding hydrogens is 378 g/mol. The maximum absolute atomic E-state index is 12.7. The number of carbonyl (C=O) groups excluding carboxylic acids is 1. The van der Waals surface area contributed by atoms with Crippen molar-refractivity contribution in [2.24, 2.45) is 5.92 Å². The molecule has 0 aliphatic carbocycles. The van der Waals surface area contributed by atoms with E-state index in [1.54, 1.807) is 6.20 Å². The normalized spacial score (nSPS) is 15.1. The molecule has 4 aromatic rings. The molecule has 4 heterocycles. The summed E-state index contributed by atoms with van der Waals surface area (Å²) >= 11 is 0. The van der Waals surface area contributed by atoms with Crippen molar-refractivity contribution in [2.75, 3.05) is 23.3 Å². The Hall–Kier alpha value is -3.55. The van der Waals surface area contributed by atoms with Gasteiger partial charge >= 0.3 is 0 Å². The fourth-order valence-corrected chi connectivity index (χ4v) is 4.02. The first kappa shape index (κ1) is 18.5. The molecule has 0 radical (unpaired) electrons.